The molecule has 2 aromatic carbocycles. The number of methoxy groups -OCH3 is 1. The van der Waals surface area contributed by atoms with Crippen LogP contribution in [-0.4, -0.2) is 43.1 Å². The molecule has 0 spiro atoms. The molecule has 0 aliphatic heterocycles. The van der Waals surface area contributed by atoms with Crippen LogP contribution in [-0.2, 0) is 6.54 Å². The quantitative estimate of drug-likeness (QED) is 0.150. The maximum Gasteiger partial charge on any atom is 0.315 e. The number of nitro groups is 1. The Morgan fingerprint density at radius 1 is 1.24 bits per heavy atom. The molecule has 0 amide bonds. The summed E-state index contributed by atoms with van der Waals surface area (Å²) in [7, 11) is 1.31. The van der Waals surface area contributed by atoms with Crippen LogP contribution in [0.1, 0.15) is 38.2 Å². The molecule has 2 aromatic heterocycles. The number of benzene rings is 2. The average molecular weight is 463 g/mol. The Morgan fingerprint density at radius 2 is 2.06 bits per heavy atom. The highest BCUT2D eigenvalue weighted by Gasteiger charge is 2.19. The van der Waals surface area contributed by atoms with E-state index in [0.717, 1.165) is 35.8 Å². The van der Waals surface area contributed by atoms with Gasteiger partial charge in [0, 0.05) is 23.6 Å². The number of para-hydroxylation sites is 1. The second-order valence-corrected chi connectivity index (χ2v) is 7.76. The lowest BCUT2D eigenvalue weighted by Gasteiger charge is -2.07. The molecule has 0 fully saturated rings. The molecule has 2 heterocycles. The third-order valence-corrected chi connectivity index (χ3v) is 5.48. The highest BCUT2D eigenvalue weighted by atomic mass is 16.6. The Bertz CT molecular complexity index is 1370. The zero-order valence-corrected chi connectivity index (χ0v) is 18.9. The summed E-state index contributed by atoms with van der Waals surface area (Å²) < 4.78 is 7.16. The number of hydrogen-bond donors (Lipinski definition) is 2. The lowest BCUT2D eigenvalue weighted by atomic mass is 10.2. The summed E-state index contributed by atoms with van der Waals surface area (Å²) in [6.45, 7) is 3.00. The van der Waals surface area contributed by atoms with Crippen LogP contribution in [0.25, 0.3) is 22.1 Å². The second kappa shape index (κ2) is 10.1. The molecule has 0 saturated carbocycles. The SMILES string of the molecule is CCCCCCn1c2ccccc2c2nnc(N/N=C/c3cc(OC)c(O)c([N+](=O)[O-])c3)nc21. The van der Waals surface area contributed by atoms with E-state index in [1.54, 1.807) is 0 Å². The highest BCUT2D eigenvalue weighted by Crippen LogP contribution is 2.36. The lowest BCUT2D eigenvalue weighted by molar-refractivity contribution is -0.386. The molecule has 0 aliphatic carbocycles. The first-order valence-electron chi connectivity index (χ1n) is 11.0. The molecule has 11 nitrogen and oxygen atoms in total. The van der Waals surface area contributed by atoms with Crippen LogP contribution >= 0.6 is 0 Å². The maximum absolute atomic E-state index is 11.2. The third-order valence-electron chi connectivity index (χ3n) is 5.48. The predicted octanol–water partition coefficient (Wildman–Crippen LogP) is 4.63. The second-order valence-electron chi connectivity index (χ2n) is 7.76. The van der Waals surface area contributed by atoms with Crippen molar-refractivity contribution in [1.82, 2.24) is 19.7 Å². The minimum absolute atomic E-state index is 0.0254. The van der Waals surface area contributed by atoms with E-state index in [4.69, 9.17) is 4.74 Å². The number of aromatic hydroxyl groups is 1. The van der Waals surface area contributed by atoms with E-state index in [0.29, 0.717) is 11.2 Å². The Morgan fingerprint density at radius 3 is 2.82 bits per heavy atom. The molecule has 11 heteroatoms. The Balaban J connectivity index is 1.62. The van der Waals surface area contributed by atoms with Crippen LogP contribution in [0.5, 0.6) is 11.5 Å². The highest BCUT2D eigenvalue weighted by molar-refractivity contribution is 6.04. The van der Waals surface area contributed by atoms with Gasteiger partial charge in [0.25, 0.3) is 5.95 Å². The number of nitrogens with zero attached hydrogens (tertiary/aromatic N) is 6. The molecule has 176 valence electrons. The van der Waals surface area contributed by atoms with Crippen molar-refractivity contribution < 1.29 is 14.8 Å². The number of fused-ring (bicyclic) bond motifs is 3. The molecular weight excluding hydrogens is 438 g/mol. The number of hydrogen-bond acceptors (Lipinski definition) is 9. The van der Waals surface area contributed by atoms with Crippen molar-refractivity contribution in [1.29, 1.82) is 0 Å². The average Bonchev–Trinajstić information content (AvgIpc) is 3.15. The molecule has 0 bridgehead atoms. The number of phenols is 1. The van der Waals surface area contributed by atoms with Gasteiger partial charge >= 0.3 is 5.69 Å². The van der Waals surface area contributed by atoms with Gasteiger partial charge in [-0.25, -0.2) is 5.43 Å². The Hall–Kier alpha value is -4.28. The number of phenolic OH excluding ortho intramolecular Hbond substituents is 1. The zero-order valence-electron chi connectivity index (χ0n) is 18.9. The monoisotopic (exact) mass is 463 g/mol. The predicted molar refractivity (Wildman–Crippen MR) is 130 cm³/mol. The lowest BCUT2D eigenvalue weighted by Crippen LogP contribution is -2.03. The van der Waals surface area contributed by atoms with Crippen LogP contribution in [0.2, 0.25) is 0 Å². The van der Waals surface area contributed by atoms with Crippen molar-refractivity contribution >= 4 is 39.9 Å². The minimum atomic E-state index is -0.692. The topological polar surface area (TPSA) is 141 Å². The van der Waals surface area contributed by atoms with E-state index in [9.17, 15) is 15.2 Å². The molecular formula is C23H25N7O4. The number of nitrogens with one attached hydrogen (secondary N) is 1. The van der Waals surface area contributed by atoms with Gasteiger partial charge in [-0.05, 0) is 18.6 Å². The van der Waals surface area contributed by atoms with E-state index in [1.807, 2.05) is 18.2 Å². The van der Waals surface area contributed by atoms with E-state index in [-0.39, 0.29) is 11.7 Å². The van der Waals surface area contributed by atoms with Crippen LogP contribution < -0.4 is 10.2 Å². The van der Waals surface area contributed by atoms with Gasteiger partial charge in [0.05, 0.1) is 23.8 Å². The Kier molecular flexibility index (Phi) is 6.81. The maximum atomic E-state index is 11.2. The summed E-state index contributed by atoms with van der Waals surface area (Å²) in [6, 6.07) is 10.6. The van der Waals surface area contributed by atoms with E-state index in [2.05, 4.69) is 43.3 Å². The van der Waals surface area contributed by atoms with Gasteiger partial charge in [0.15, 0.2) is 11.4 Å². The zero-order chi connectivity index (χ0) is 24.1. The summed E-state index contributed by atoms with van der Waals surface area (Å²) in [4.78, 5) is 15.1. The number of aryl methyl sites for hydroxylation is 1. The van der Waals surface area contributed by atoms with Gasteiger partial charge in [0.2, 0.25) is 5.75 Å². The number of anilines is 1. The van der Waals surface area contributed by atoms with Crippen LogP contribution in [0.15, 0.2) is 41.5 Å². The largest absolute Gasteiger partial charge is 0.500 e. The van der Waals surface area contributed by atoms with Crippen molar-refractivity contribution in [3.63, 3.8) is 0 Å². The number of rotatable bonds is 10. The number of hydrazone groups is 1. The first kappa shape index (κ1) is 22.9. The van der Waals surface area contributed by atoms with Crippen LogP contribution in [0.4, 0.5) is 11.6 Å². The molecule has 34 heavy (non-hydrogen) atoms. The Labute approximate surface area is 195 Å². The minimum Gasteiger partial charge on any atom is -0.500 e. The van der Waals surface area contributed by atoms with E-state index in [1.165, 1.54) is 38.3 Å². The summed E-state index contributed by atoms with van der Waals surface area (Å²) >= 11 is 0. The van der Waals surface area contributed by atoms with Crippen molar-refractivity contribution in [2.75, 3.05) is 12.5 Å². The number of nitro benzene ring substituents is 1. The van der Waals surface area contributed by atoms with Gasteiger partial charge < -0.3 is 14.4 Å². The summed E-state index contributed by atoms with van der Waals surface area (Å²) in [6.07, 6.45) is 5.88. The van der Waals surface area contributed by atoms with Crippen molar-refractivity contribution in [3.8, 4) is 11.5 Å². The smallest absolute Gasteiger partial charge is 0.315 e. The standard InChI is InChI=1S/C23H25N7O4/c1-3-4-5-8-11-29-17-10-7-6-9-16(17)20-22(29)25-23(28-26-20)27-24-14-15-12-18(30(32)33)21(31)19(13-15)34-2/h6-7,9-10,12-14,31H,3-5,8,11H2,1-2H3,(H,25,27,28)/b24-14+. The van der Waals surface area contributed by atoms with E-state index >= 15 is 0 Å². The molecule has 4 rings (SSSR count). The van der Waals surface area contributed by atoms with Crippen LogP contribution in [0.3, 0.4) is 0 Å². The van der Waals surface area contributed by atoms with Gasteiger partial charge in [-0.15, -0.1) is 10.2 Å². The van der Waals surface area contributed by atoms with Crippen molar-refractivity contribution in [2.24, 2.45) is 5.10 Å². The van der Waals surface area contributed by atoms with Crippen molar-refractivity contribution in [3.05, 3.63) is 52.1 Å². The fourth-order valence-corrected chi connectivity index (χ4v) is 3.82. The van der Waals surface area contributed by atoms with Crippen molar-refractivity contribution in [2.45, 2.75) is 39.2 Å². The molecule has 2 N–H and O–H groups in total. The first-order valence-corrected chi connectivity index (χ1v) is 11.0. The summed E-state index contributed by atoms with van der Waals surface area (Å²) in [5.41, 5.74) is 5.10. The summed E-state index contributed by atoms with van der Waals surface area (Å²) in [5, 5.41) is 34.7. The molecule has 0 aliphatic rings. The fourth-order valence-electron chi connectivity index (χ4n) is 3.82. The molecule has 0 saturated heterocycles. The molecule has 4 aromatic rings. The van der Waals surface area contributed by atoms with Gasteiger partial charge in [-0.2, -0.15) is 10.1 Å². The molecule has 0 radical (unpaired) electrons. The third kappa shape index (κ3) is 4.58. The summed E-state index contributed by atoms with van der Waals surface area (Å²) in [5.74, 6) is -0.369. The number of ether oxygens (including phenoxy) is 1. The van der Waals surface area contributed by atoms with Gasteiger partial charge in [-0.3, -0.25) is 10.1 Å². The fraction of sp³-hybridized carbons (Fsp3) is 0.304. The van der Waals surface area contributed by atoms with Crippen LogP contribution in [0, 0.1) is 10.1 Å². The van der Waals surface area contributed by atoms with Gasteiger partial charge in [0.1, 0.15) is 5.52 Å². The normalized spacial score (nSPS) is 11.5. The van der Waals surface area contributed by atoms with E-state index < -0.39 is 16.4 Å². The molecule has 0 atom stereocenters. The molecule has 0 unspecified atom stereocenters. The number of unbranched alkanes of at least 4 members (excludes halogenated alkanes) is 3. The van der Waals surface area contributed by atoms with Gasteiger partial charge in [-0.1, -0.05) is 44.4 Å². The number of aromatic nitrogens is 4. The first-order chi connectivity index (χ1) is 16.5.